The summed E-state index contributed by atoms with van der Waals surface area (Å²) in [6.07, 6.45) is 1.51. The maximum absolute atomic E-state index is 13.0. The number of ether oxygens (including phenoxy) is 1. The number of hydrogen-bond donors (Lipinski definition) is 1. The molecule has 2 aromatic carbocycles. The van der Waals surface area contributed by atoms with Crippen molar-refractivity contribution in [1.82, 2.24) is 5.32 Å². The number of hydrogen-bond acceptors (Lipinski definition) is 4. The fourth-order valence-electron chi connectivity index (χ4n) is 2.63. The molecule has 0 radical (unpaired) electrons. The third-order valence-corrected chi connectivity index (χ3v) is 5.14. The highest BCUT2D eigenvalue weighted by Crippen LogP contribution is 2.34. The SMILES string of the molecule is COc1ccc(C=C2C(=O)NC(=S)N(c3cccc(Cl)c3Cl)C2=O)c(C)c1. The lowest BCUT2D eigenvalue weighted by Crippen LogP contribution is -2.54. The number of halogens is 2. The van der Waals surface area contributed by atoms with E-state index in [0.717, 1.165) is 10.5 Å². The van der Waals surface area contributed by atoms with E-state index in [1.165, 1.54) is 6.08 Å². The first kappa shape index (κ1) is 19.4. The molecular formula is C19H14Cl2N2O3S. The van der Waals surface area contributed by atoms with Gasteiger partial charge in [0.05, 0.1) is 22.8 Å². The van der Waals surface area contributed by atoms with Gasteiger partial charge in [-0.2, -0.15) is 0 Å². The zero-order valence-electron chi connectivity index (χ0n) is 14.4. The third kappa shape index (κ3) is 3.69. The van der Waals surface area contributed by atoms with Gasteiger partial charge in [-0.25, -0.2) is 0 Å². The number of methoxy groups -OCH3 is 1. The molecule has 1 fully saturated rings. The van der Waals surface area contributed by atoms with E-state index >= 15 is 0 Å². The van der Waals surface area contributed by atoms with Crippen LogP contribution in [0.3, 0.4) is 0 Å². The van der Waals surface area contributed by atoms with Crippen LogP contribution in [0.15, 0.2) is 42.0 Å². The molecule has 0 spiro atoms. The Kier molecular flexibility index (Phi) is 5.51. The molecule has 5 nitrogen and oxygen atoms in total. The molecular weight excluding hydrogens is 407 g/mol. The van der Waals surface area contributed by atoms with Crippen molar-refractivity contribution >= 4 is 64.1 Å². The van der Waals surface area contributed by atoms with Crippen molar-refractivity contribution in [2.75, 3.05) is 12.0 Å². The second kappa shape index (κ2) is 7.68. The van der Waals surface area contributed by atoms with Gasteiger partial charge < -0.3 is 4.74 Å². The summed E-state index contributed by atoms with van der Waals surface area (Å²) in [5.74, 6) is -0.472. The quantitative estimate of drug-likeness (QED) is 0.460. The minimum Gasteiger partial charge on any atom is -0.497 e. The van der Waals surface area contributed by atoms with Gasteiger partial charge in [-0.3, -0.25) is 19.8 Å². The fourth-order valence-corrected chi connectivity index (χ4v) is 3.29. The summed E-state index contributed by atoms with van der Waals surface area (Å²) >= 11 is 17.4. The van der Waals surface area contributed by atoms with Crippen molar-refractivity contribution in [3.8, 4) is 5.75 Å². The number of aryl methyl sites for hydroxylation is 1. The average molecular weight is 421 g/mol. The fraction of sp³-hybridized carbons (Fsp3) is 0.105. The summed E-state index contributed by atoms with van der Waals surface area (Å²) in [5.41, 5.74) is 1.80. The van der Waals surface area contributed by atoms with Crippen LogP contribution in [0.5, 0.6) is 5.75 Å². The summed E-state index contributed by atoms with van der Waals surface area (Å²) in [6, 6.07) is 10.2. The average Bonchev–Trinajstić information content (AvgIpc) is 2.63. The van der Waals surface area contributed by atoms with Crippen LogP contribution in [-0.2, 0) is 9.59 Å². The molecule has 0 atom stereocenters. The molecule has 1 heterocycles. The molecule has 27 heavy (non-hydrogen) atoms. The molecule has 1 aliphatic rings. The van der Waals surface area contributed by atoms with E-state index in [1.807, 2.05) is 13.0 Å². The highest BCUT2D eigenvalue weighted by molar-refractivity contribution is 7.80. The van der Waals surface area contributed by atoms with E-state index in [1.54, 1.807) is 37.4 Å². The van der Waals surface area contributed by atoms with Gasteiger partial charge in [0.15, 0.2) is 5.11 Å². The van der Waals surface area contributed by atoms with Crippen LogP contribution in [0.1, 0.15) is 11.1 Å². The normalized spacial score (nSPS) is 15.9. The Morgan fingerprint density at radius 3 is 2.59 bits per heavy atom. The predicted octanol–water partition coefficient (Wildman–Crippen LogP) is 4.14. The zero-order chi connectivity index (χ0) is 19.7. The molecule has 2 amide bonds. The van der Waals surface area contributed by atoms with Crippen LogP contribution in [-0.4, -0.2) is 24.0 Å². The summed E-state index contributed by atoms with van der Waals surface area (Å²) in [6.45, 7) is 1.86. The Bertz CT molecular complexity index is 1000. The van der Waals surface area contributed by atoms with E-state index in [2.05, 4.69) is 5.32 Å². The molecule has 8 heteroatoms. The Labute approximate surface area is 171 Å². The van der Waals surface area contributed by atoms with E-state index < -0.39 is 11.8 Å². The van der Waals surface area contributed by atoms with Gasteiger partial charge in [-0.05, 0) is 60.6 Å². The lowest BCUT2D eigenvalue weighted by molar-refractivity contribution is -0.122. The lowest BCUT2D eigenvalue weighted by Gasteiger charge is -2.29. The Hall–Kier alpha value is -2.41. The van der Waals surface area contributed by atoms with Gasteiger partial charge in [-0.15, -0.1) is 0 Å². The van der Waals surface area contributed by atoms with Gasteiger partial charge in [0.1, 0.15) is 11.3 Å². The highest BCUT2D eigenvalue weighted by atomic mass is 35.5. The first-order valence-electron chi connectivity index (χ1n) is 7.83. The summed E-state index contributed by atoms with van der Waals surface area (Å²) in [5, 5.41) is 2.91. The molecule has 1 aliphatic heterocycles. The van der Waals surface area contributed by atoms with Crippen molar-refractivity contribution in [1.29, 1.82) is 0 Å². The number of carbonyl (C=O) groups is 2. The Morgan fingerprint density at radius 1 is 1.19 bits per heavy atom. The number of nitrogens with one attached hydrogen (secondary N) is 1. The number of rotatable bonds is 3. The minimum atomic E-state index is -0.580. The number of anilines is 1. The van der Waals surface area contributed by atoms with Crippen LogP contribution in [0, 0.1) is 6.92 Å². The van der Waals surface area contributed by atoms with Crippen LogP contribution in [0.2, 0.25) is 10.0 Å². The lowest BCUT2D eigenvalue weighted by atomic mass is 10.0. The second-order valence-electron chi connectivity index (χ2n) is 5.75. The van der Waals surface area contributed by atoms with E-state index in [0.29, 0.717) is 17.0 Å². The minimum absolute atomic E-state index is 0.0576. The first-order chi connectivity index (χ1) is 12.8. The second-order valence-corrected chi connectivity index (χ2v) is 6.93. The van der Waals surface area contributed by atoms with Gasteiger partial charge in [0, 0.05) is 0 Å². The number of carbonyl (C=O) groups excluding carboxylic acids is 2. The Morgan fingerprint density at radius 2 is 1.93 bits per heavy atom. The summed E-state index contributed by atoms with van der Waals surface area (Å²) in [4.78, 5) is 26.6. The van der Waals surface area contributed by atoms with Crippen molar-refractivity contribution in [2.24, 2.45) is 0 Å². The molecule has 0 aliphatic carbocycles. The number of benzene rings is 2. The first-order valence-corrected chi connectivity index (χ1v) is 9.00. The molecule has 0 aromatic heterocycles. The summed E-state index contributed by atoms with van der Waals surface area (Å²) in [7, 11) is 1.57. The predicted molar refractivity (Wildman–Crippen MR) is 110 cm³/mol. The molecule has 0 saturated carbocycles. The van der Waals surface area contributed by atoms with Crippen molar-refractivity contribution < 1.29 is 14.3 Å². The molecule has 138 valence electrons. The molecule has 2 aromatic rings. The molecule has 1 saturated heterocycles. The van der Waals surface area contributed by atoms with Crippen molar-refractivity contribution in [3.63, 3.8) is 0 Å². The largest absolute Gasteiger partial charge is 0.497 e. The smallest absolute Gasteiger partial charge is 0.270 e. The number of thiocarbonyl (C=S) groups is 1. The van der Waals surface area contributed by atoms with Gasteiger partial charge in [-0.1, -0.05) is 35.3 Å². The van der Waals surface area contributed by atoms with Gasteiger partial charge in [0.2, 0.25) is 0 Å². The van der Waals surface area contributed by atoms with E-state index in [-0.39, 0.29) is 20.7 Å². The third-order valence-electron chi connectivity index (χ3n) is 4.05. The molecule has 0 bridgehead atoms. The van der Waals surface area contributed by atoms with Gasteiger partial charge >= 0.3 is 0 Å². The van der Waals surface area contributed by atoms with Gasteiger partial charge in [0.25, 0.3) is 11.8 Å². The van der Waals surface area contributed by atoms with Crippen LogP contribution in [0.25, 0.3) is 6.08 Å². The van der Waals surface area contributed by atoms with E-state index in [4.69, 9.17) is 40.2 Å². The highest BCUT2D eigenvalue weighted by Gasteiger charge is 2.35. The molecule has 3 rings (SSSR count). The van der Waals surface area contributed by atoms with Crippen molar-refractivity contribution in [2.45, 2.75) is 6.92 Å². The molecule has 0 unspecified atom stereocenters. The van der Waals surface area contributed by atoms with Crippen molar-refractivity contribution in [3.05, 3.63) is 63.1 Å². The maximum atomic E-state index is 13.0. The Balaban J connectivity index is 2.06. The topological polar surface area (TPSA) is 58.6 Å². The molecule has 1 N–H and O–H groups in total. The standard InChI is InChI=1S/C19H14Cl2N2O3S/c1-10-8-12(26-2)7-6-11(10)9-13-17(24)22-19(27)23(18(13)25)15-5-3-4-14(20)16(15)21/h3-9H,1-2H3,(H,22,24,27). The van der Waals surface area contributed by atoms with Crippen LogP contribution < -0.4 is 15.0 Å². The van der Waals surface area contributed by atoms with Crippen LogP contribution in [0.4, 0.5) is 5.69 Å². The monoisotopic (exact) mass is 420 g/mol. The number of amides is 2. The van der Waals surface area contributed by atoms with E-state index in [9.17, 15) is 9.59 Å². The summed E-state index contributed by atoms with van der Waals surface area (Å²) < 4.78 is 5.18. The number of nitrogens with zero attached hydrogens (tertiary/aromatic N) is 1. The van der Waals surface area contributed by atoms with Crippen LogP contribution >= 0.6 is 35.4 Å². The maximum Gasteiger partial charge on any atom is 0.270 e. The zero-order valence-corrected chi connectivity index (χ0v) is 16.7.